The van der Waals surface area contributed by atoms with Gasteiger partial charge in [0.25, 0.3) is 5.91 Å². The molecular formula is C35H33N5O4. The van der Waals surface area contributed by atoms with Gasteiger partial charge in [0.2, 0.25) is 17.7 Å². The summed E-state index contributed by atoms with van der Waals surface area (Å²) in [5.41, 5.74) is 4.15. The van der Waals surface area contributed by atoms with Gasteiger partial charge in [0.05, 0.1) is 22.8 Å². The lowest BCUT2D eigenvalue weighted by Crippen LogP contribution is -2.78. The highest BCUT2D eigenvalue weighted by Gasteiger charge is 3.14. The van der Waals surface area contributed by atoms with Gasteiger partial charge in [-0.25, -0.2) is 0 Å². The van der Waals surface area contributed by atoms with Crippen molar-refractivity contribution in [2.75, 3.05) is 18.0 Å². The number of hydrogen-bond donors (Lipinski definition) is 1. The molecule has 3 aromatic rings. The largest absolute Gasteiger partial charge is 0.342 e. The number of rotatable bonds is 5. The van der Waals surface area contributed by atoms with Gasteiger partial charge in [-0.05, 0) is 96.3 Å². The maximum absolute atomic E-state index is 13.7. The molecule has 0 bridgehead atoms. The molecular weight excluding hydrogens is 554 g/mol. The van der Waals surface area contributed by atoms with Crippen molar-refractivity contribution in [3.63, 3.8) is 0 Å². The number of nitrogens with zero attached hydrogens (tertiary/aromatic N) is 4. The number of carbonyl (C=O) groups is 4. The fraction of sp³-hybridized carbons (Fsp3) is 0.514. The van der Waals surface area contributed by atoms with Crippen molar-refractivity contribution >= 4 is 40.1 Å². The summed E-state index contributed by atoms with van der Waals surface area (Å²) in [5.74, 6) is 3.96. The quantitative estimate of drug-likeness (QED) is 0.462. The zero-order chi connectivity index (χ0) is 29.5. The van der Waals surface area contributed by atoms with E-state index in [-0.39, 0.29) is 29.2 Å². The summed E-state index contributed by atoms with van der Waals surface area (Å²) in [6.45, 7) is 3.89. The lowest BCUT2D eigenvalue weighted by molar-refractivity contribution is -0.293. The predicted molar refractivity (Wildman–Crippen MR) is 158 cm³/mol. The van der Waals surface area contributed by atoms with Crippen molar-refractivity contribution in [2.24, 2.45) is 40.4 Å². The van der Waals surface area contributed by atoms with E-state index in [1.807, 2.05) is 36.5 Å². The summed E-state index contributed by atoms with van der Waals surface area (Å²) in [7, 11) is 0. The Kier molecular flexibility index (Phi) is 4.02. The van der Waals surface area contributed by atoms with Gasteiger partial charge < -0.3 is 4.90 Å². The Bertz CT molecular complexity index is 1940. The molecule has 3 aliphatic heterocycles. The summed E-state index contributed by atoms with van der Waals surface area (Å²) >= 11 is 0. The van der Waals surface area contributed by atoms with Crippen LogP contribution in [0.3, 0.4) is 0 Å². The van der Waals surface area contributed by atoms with Crippen molar-refractivity contribution in [2.45, 2.75) is 57.0 Å². The van der Waals surface area contributed by atoms with Crippen LogP contribution in [0.25, 0.3) is 10.8 Å². The van der Waals surface area contributed by atoms with Crippen LogP contribution in [0, 0.1) is 40.4 Å². The number of benzene rings is 2. The fourth-order valence-corrected chi connectivity index (χ4v) is 11.9. The van der Waals surface area contributed by atoms with Crippen LogP contribution in [-0.2, 0) is 26.3 Å². The lowest BCUT2D eigenvalue weighted by atomic mass is 9.27. The molecule has 0 radical (unpaired) electrons. The molecule has 1 spiro atoms. The third-order valence-corrected chi connectivity index (χ3v) is 13.8. The van der Waals surface area contributed by atoms with Crippen molar-refractivity contribution < 1.29 is 19.2 Å². The molecule has 4 heterocycles. The van der Waals surface area contributed by atoms with Crippen LogP contribution in [0.1, 0.15) is 60.5 Å². The Hall–Kier alpha value is -4.01. The number of imide groups is 1. The lowest BCUT2D eigenvalue weighted by Gasteiger charge is -2.76. The number of amides is 4. The highest BCUT2D eigenvalue weighted by Crippen LogP contribution is 3.15. The molecule has 1 aromatic heterocycles. The second-order valence-electron chi connectivity index (χ2n) is 15.3. The number of piperidine rings is 2. The molecule has 8 atom stereocenters. The molecule has 1 N–H and O–H groups in total. The van der Waals surface area contributed by atoms with Gasteiger partial charge in [-0.15, -0.1) is 0 Å². The average Bonchev–Trinajstić information content (AvgIpc) is 3.69. The number of carbonyl (C=O) groups excluding carboxylic acids is 4. The van der Waals surface area contributed by atoms with Crippen LogP contribution in [0.5, 0.6) is 0 Å². The van der Waals surface area contributed by atoms with Crippen molar-refractivity contribution in [1.29, 1.82) is 0 Å². The van der Waals surface area contributed by atoms with E-state index in [0.29, 0.717) is 29.7 Å². The molecule has 8 aliphatic rings. The van der Waals surface area contributed by atoms with Gasteiger partial charge in [-0.1, -0.05) is 18.2 Å². The monoisotopic (exact) mass is 587 g/mol. The number of hydrogen-bond acceptors (Lipinski definition) is 5. The summed E-state index contributed by atoms with van der Waals surface area (Å²) in [6.07, 6.45) is 8.31. The molecule has 44 heavy (non-hydrogen) atoms. The first-order valence-corrected chi connectivity index (χ1v) is 16.3. The number of nitrogens with one attached hydrogen (secondary N) is 1. The molecule has 222 valence electrons. The number of anilines is 1. The molecule has 11 rings (SSSR count). The Balaban J connectivity index is 0.825. The summed E-state index contributed by atoms with van der Waals surface area (Å²) < 4.78 is 2.11. The second kappa shape index (κ2) is 7.27. The second-order valence-corrected chi connectivity index (χ2v) is 15.3. The Labute approximate surface area is 253 Å². The van der Waals surface area contributed by atoms with E-state index in [0.717, 1.165) is 83.1 Å². The van der Waals surface area contributed by atoms with Gasteiger partial charge in [-0.2, -0.15) is 5.10 Å². The van der Waals surface area contributed by atoms with Crippen molar-refractivity contribution in [1.82, 2.24) is 20.0 Å². The molecule has 2 saturated heterocycles. The molecule has 2 aromatic carbocycles. The first-order chi connectivity index (χ1) is 21.3. The first-order valence-electron chi connectivity index (χ1n) is 16.3. The van der Waals surface area contributed by atoms with Crippen molar-refractivity contribution in [3.05, 3.63) is 59.4 Å². The highest BCUT2D eigenvalue weighted by molar-refractivity contribution is 6.27. The molecule has 7 fully saturated rings. The maximum atomic E-state index is 13.7. The molecule has 5 saturated carbocycles. The van der Waals surface area contributed by atoms with Crippen LogP contribution < -0.4 is 10.2 Å². The number of aromatic nitrogens is 2. The molecule has 4 amide bonds. The maximum Gasteiger partial charge on any atom is 0.259 e. The smallest absolute Gasteiger partial charge is 0.259 e. The third kappa shape index (κ3) is 2.44. The summed E-state index contributed by atoms with van der Waals surface area (Å²) in [4.78, 5) is 55.4. The highest BCUT2D eigenvalue weighted by atomic mass is 16.2. The van der Waals surface area contributed by atoms with E-state index >= 15 is 0 Å². The van der Waals surface area contributed by atoms with Gasteiger partial charge in [0.15, 0.2) is 0 Å². The topological polar surface area (TPSA) is 105 Å². The zero-order valence-corrected chi connectivity index (χ0v) is 24.6. The predicted octanol–water partition coefficient (Wildman–Crippen LogP) is 3.24. The Morgan fingerprint density at radius 2 is 1.91 bits per heavy atom. The van der Waals surface area contributed by atoms with Crippen LogP contribution in [0.2, 0.25) is 0 Å². The minimum atomic E-state index is -0.692. The van der Waals surface area contributed by atoms with Gasteiger partial charge in [-0.3, -0.25) is 34.1 Å². The average molecular weight is 588 g/mol. The SMILES string of the molecule is CC1(n2cc(Cc3ccc4c5c(cccc35)C(=O)N4C3CCC(=O)NC3=O)cn2)CCN(C(=O)C23CC4C5C6C2C56C43)CC1. The van der Waals surface area contributed by atoms with E-state index in [1.165, 1.54) is 6.42 Å². The van der Waals surface area contributed by atoms with Gasteiger partial charge >= 0.3 is 0 Å². The van der Waals surface area contributed by atoms with E-state index in [1.54, 1.807) is 4.90 Å². The van der Waals surface area contributed by atoms with E-state index in [9.17, 15) is 19.2 Å². The van der Waals surface area contributed by atoms with Crippen LogP contribution in [0.15, 0.2) is 42.7 Å². The van der Waals surface area contributed by atoms with E-state index < -0.39 is 11.9 Å². The minimum absolute atomic E-state index is 0.0554. The van der Waals surface area contributed by atoms with E-state index in [2.05, 4.69) is 28.0 Å². The Morgan fingerprint density at radius 3 is 2.66 bits per heavy atom. The van der Waals surface area contributed by atoms with Gasteiger partial charge in [0.1, 0.15) is 6.04 Å². The van der Waals surface area contributed by atoms with Crippen LogP contribution >= 0.6 is 0 Å². The van der Waals surface area contributed by atoms with Gasteiger partial charge in [0, 0.05) is 43.1 Å². The van der Waals surface area contributed by atoms with Crippen molar-refractivity contribution in [3.8, 4) is 0 Å². The first kappa shape index (κ1) is 24.3. The molecule has 9 nitrogen and oxygen atoms in total. The normalized spacial score (nSPS) is 39.2. The molecule has 9 heteroatoms. The standard InChI is InChI=1S/C35H33N5O4/c1-33(9-11-38(12-10-33)32(44)34-14-21-26-27-29(34)35(26,27)28(21)34)39-16-17(15-36-39)13-18-5-6-22-25-19(18)3-2-4-20(25)31(43)40(22)23-7-8-24(41)37-30(23)42/h2-6,15-16,21,23,26-29H,7-14H2,1H3,(H,37,41,42). The molecule has 8 unspecified atom stereocenters. The summed E-state index contributed by atoms with van der Waals surface area (Å²) in [6, 6.07) is 9.06. The molecule has 5 aliphatic carbocycles. The van der Waals surface area contributed by atoms with Crippen LogP contribution in [0.4, 0.5) is 5.69 Å². The number of fused-ring (bicyclic) bond motifs is 4. The fourth-order valence-electron chi connectivity index (χ4n) is 11.9. The minimum Gasteiger partial charge on any atom is -0.342 e. The third-order valence-electron chi connectivity index (χ3n) is 13.8. The number of likely N-dealkylation sites (tertiary alicyclic amines) is 1. The Morgan fingerprint density at radius 1 is 1.07 bits per heavy atom. The van der Waals surface area contributed by atoms with Crippen LogP contribution in [-0.4, -0.2) is 57.4 Å². The zero-order valence-electron chi connectivity index (χ0n) is 24.6. The van der Waals surface area contributed by atoms with E-state index in [4.69, 9.17) is 5.10 Å². The summed E-state index contributed by atoms with van der Waals surface area (Å²) in [5, 5.41) is 9.08.